The van der Waals surface area contributed by atoms with E-state index < -0.39 is 15.9 Å². The van der Waals surface area contributed by atoms with Crippen LogP contribution in [0.4, 0.5) is 10.5 Å². The molecular weight excluding hydrogens is 264 g/mol. The van der Waals surface area contributed by atoms with E-state index in [0.29, 0.717) is 0 Å². The highest BCUT2D eigenvalue weighted by atomic mass is 32.2. The molecule has 1 aromatic carbocycles. The van der Waals surface area contributed by atoms with Crippen LogP contribution in [0.25, 0.3) is 0 Å². The molecule has 0 saturated heterocycles. The second-order valence-electron chi connectivity index (χ2n) is 4.01. The van der Waals surface area contributed by atoms with Gasteiger partial charge in [-0.1, -0.05) is 12.0 Å². The molecule has 2 amide bonds. The van der Waals surface area contributed by atoms with Crippen LogP contribution >= 0.6 is 0 Å². The molecule has 0 radical (unpaired) electrons. The largest absolute Gasteiger partial charge is 0.327 e. The average Bonchev–Trinajstić information content (AvgIpc) is 2.27. The summed E-state index contributed by atoms with van der Waals surface area (Å²) >= 11 is 0. The average molecular weight is 280 g/mol. The lowest BCUT2D eigenvalue weighted by molar-refractivity contribution is 0.253. The molecule has 19 heavy (non-hydrogen) atoms. The van der Waals surface area contributed by atoms with E-state index >= 15 is 0 Å². The zero-order valence-corrected chi connectivity index (χ0v) is 11.9. The number of aryl methyl sites for hydroxylation is 1. The van der Waals surface area contributed by atoms with Gasteiger partial charge in [0, 0.05) is 6.26 Å². The van der Waals surface area contributed by atoms with E-state index in [2.05, 4.69) is 22.5 Å². The third-order valence-electron chi connectivity index (χ3n) is 2.30. The molecule has 0 aliphatic heterocycles. The van der Waals surface area contributed by atoms with Gasteiger partial charge in [-0.05, 0) is 31.5 Å². The van der Waals surface area contributed by atoms with Gasteiger partial charge in [-0.2, -0.15) is 0 Å². The van der Waals surface area contributed by atoms with E-state index in [1.807, 2.05) is 6.92 Å². The van der Waals surface area contributed by atoms with Crippen molar-refractivity contribution in [2.45, 2.75) is 18.7 Å². The molecule has 0 unspecified atom stereocenters. The maximum atomic E-state index is 11.6. The lowest BCUT2D eigenvalue weighted by Gasteiger charge is -2.10. The first-order valence-electron chi connectivity index (χ1n) is 5.59. The minimum atomic E-state index is -3.39. The van der Waals surface area contributed by atoms with Crippen LogP contribution in [-0.2, 0) is 9.84 Å². The standard InChI is InChI=1S/C13H16N2O3S/c1-4-5-8-14-13(16)15-11-9-10(2)6-7-12(11)19(3,17)18/h6-7,9H,8H2,1-3H3,(H2,14,15,16). The van der Waals surface area contributed by atoms with Gasteiger partial charge >= 0.3 is 6.03 Å². The van der Waals surface area contributed by atoms with Crippen LogP contribution in [0.5, 0.6) is 0 Å². The molecule has 6 heteroatoms. The zero-order valence-electron chi connectivity index (χ0n) is 11.1. The SMILES string of the molecule is CC#CCNC(=O)Nc1cc(C)ccc1S(C)(=O)=O. The number of carbonyl (C=O) groups excluding carboxylic acids is 1. The number of hydrogen-bond acceptors (Lipinski definition) is 3. The van der Waals surface area contributed by atoms with Gasteiger partial charge in [0.25, 0.3) is 0 Å². The van der Waals surface area contributed by atoms with Crippen LogP contribution in [0.15, 0.2) is 23.1 Å². The second-order valence-corrected chi connectivity index (χ2v) is 5.99. The fraction of sp³-hybridized carbons (Fsp3) is 0.308. The molecule has 0 atom stereocenters. The Balaban J connectivity index is 2.96. The van der Waals surface area contributed by atoms with Gasteiger partial charge in [-0.3, -0.25) is 0 Å². The summed E-state index contributed by atoms with van der Waals surface area (Å²) in [5, 5.41) is 5.03. The molecular formula is C13H16N2O3S. The van der Waals surface area contributed by atoms with E-state index in [9.17, 15) is 13.2 Å². The molecule has 0 fully saturated rings. The monoisotopic (exact) mass is 280 g/mol. The molecule has 0 saturated carbocycles. The Kier molecular flexibility index (Phi) is 4.95. The van der Waals surface area contributed by atoms with Gasteiger partial charge < -0.3 is 10.6 Å². The topological polar surface area (TPSA) is 75.3 Å². The maximum absolute atomic E-state index is 11.6. The molecule has 102 valence electrons. The molecule has 1 aromatic rings. The normalized spacial score (nSPS) is 10.3. The van der Waals surface area contributed by atoms with Gasteiger partial charge in [-0.25, -0.2) is 13.2 Å². The van der Waals surface area contributed by atoms with Crippen molar-refractivity contribution in [1.82, 2.24) is 5.32 Å². The molecule has 1 rings (SSSR count). The Morgan fingerprint density at radius 2 is 2.05 bits per heavy atom. The molecule has 0 aliphatic rings. The number of benzene rings is 1. The summed E-state index contributed by atoms with van der Waals surface area (Å²) in [5.41, 5.74) is 1.13. The van der Waals surface area contributed by atoms with E-state index in [1.54, 1.807) is 19.1 Å². The molecule has 0 bridgehead atoms. The van der Waals surface area contributed by atoms with Crippen molar-refractivity contribution in [3.8, 4) is 11.8 Å². The van der Waals surface area contributed by atoms with E-state index in [1.165, 1.54) is 6.07 Å². The minimum absolute atomic E-state index is 0.0924. The van der Waals surface area contributed by atoms with Crippen LogP contribution in [0, 0.1) is 18.8 Å². The summed E-state index contributed by atoms with van der Waals surface area (Å²) in [6, 6.07) is 4.29. The van der Waals surface area contributed by atoms with Crippen molar-refractivity contribution in [3.05, 3.63) is 23.8 Å². The summed E-state index contributed by atoms with van der Waals surface area (Å²) < 4.78 is 23.2. The number of nitrogens with one attached hydrogen (secondary N) is 2. The van der Waals surface area contributed by atoms with Crippen LogP contribution in [0.1, 0.15) is 12.5 Å². The van der Waals surface area contributed by atoms with Gasteiger partial charge in [0.05, 0.1) is 17.1 Å². The molecule has 0 heterocycles. The Labute approximate surface area is 113 Å². The number of urea groups is 1. The van der Waals surface area contributed by atoms with Crippen molar-refractivity contribution in [1.29, 1.82) is 0 Å². The summed E-state index contributed by atoms with van der Waals surface area (Å²) in [6.07, 6.45) is 1.10. The van der Waals surface area contributed by atoms with Gasteiger partial charge in [0.15, 0.2) is 9.84 Å². The molecule has 2 N–H and O–H groups in total. The number of carbonyl (C=O) groups is 1. The fourth-order valence-corrected chi connectivity index (χ4v) is 2.27. The molecule has 0 spiro atoms. The molecule has 0 aromatic heterocycles. The maximum Gasteiger partial charge on any atom is 0.320 e. The van der Waals surface area contributed by atoms with E-state index in [4.69, 9.17) is 0 Å². The smallest absolute Gasteiger partial charge is 0.320 e. The lowest BCUT2D eigenvalue weighted by atomic mass is 10.2. The summed E-state index contributed by atoms with van der Waals surface area (Å²) in [6.45, 7) is 3.70. The highest BCUT2D eigenvalue weighted by Crippen LogP contribution is 2.22. The number of amides is 2. The van der Waals surface area contributed by atoms with Gasteiger partial charge in [-0.15, -0.1) is 5.92 Å². The number of sulfone groups is 1. The zero-order chi connectivity index (χ0) is 14.5. The fourth-order valence-electron chi connectivity index (χ4n) is 1.44. The molecule has 5 nitrogen and oxygen atoms in total. The second kappa shape index (κ2) is 6.25. The van der Waals surface area contributed by atoms with Gasteiger partial charge in [0.1, 0.15) is 0 Å². The summed E-state index contributed by atoms with van der Waals surface area (Å²) in [4.78, 5) is 11.7. The van der Waals surface area contributed by atoms with Crippen molar-refractivity contribution >= 4 is 21.6 Å². The Bertz CT molecular complexity index is 640. The Morgan fingerprint density at radius 1 is 1.37 bits per heavy atom. The number of hydrogen-bond donors (Lipinski definition) is 2. The van der Waals surface area contributed by atoms with Crippen LogP contribution in [0.3, 0.4) is 0 Å². The first-order chi connectivity index (χ1) is 8.84. The highest BCUT2D eigenvalue weighted by molar-refractivity contribution is 7.90. The lowest BCUT2D eigenvalue weighted by Crippen LogP contribution is -2.29. The summed E-state index contributed by atoms with van der Waals surface area (Å²) in [7, 11) is -3.39. The highest BCUT2D eigenvalue weighted by Gasteiger charge is 2.14. The van der Waals surface area contributed by atoms with E-state index in [-0.39, 0.29) is 17.1 Å². The van der Waals surface area contributed by atoms with Crippen molar-refractivity contribution in [2.24, 2.45) is 0 Å². The van der Waals surface area contributed by atoms with Crippen molar-refractivity contribution in [3.63, 3.8) is 0 Å². The summed E-state index contributed by atoms with van der Waals surface area (Å²) in [5.74, 6) is 5.32. The minimum Gasteiger partial charge on any atom is -0.327 e. The third kappa shape index (κ3) is 4.64. The Hall–Kier alpha value is -2.00. The van der Waals surface area contributed by atoms with Crippen LogP contribution in [-0.4, -0.2) is 27.2 Å². The molecule has 0 aliphatic carbocycles. The van der Waals surface area contributed by atoms with Crippen molar-refractivity contribution in [2.75, 3.05) is 18.1 Å². The van der Waals surface area contributed by atoms with E-state index in [0.717, 1.165) is 11.8 Å². The number of anilines is 1. The van der Waals surface area contributed by atoms with Crippen LogP contribution in [0.2, 0.25) is 0 Å². The first kappa shape index (κ1) is 15.1. The van der Waals surface area contributed by atoms with Gasteiger partial charge in [0.2, 0.25) is 0 Å². The van der Waals surface area contributed by atoms with Crippen LogP contribution < -0.4 is 10.6 Å². The predicted octanol–water partition coefficient (Wildman–Crippen LogP) is 1.54. The Morgan fingerprint density at radius 3 is 2.63 bits per heavy atom. The quantitative estimate of drug-likeness (QED) is 0.825. The first-order valence-corrected chi connectivity index (χ1v) is 7.49. The third-order valence-corrected chi connectivity index (χ3v) is 3.45. The van der Waals surface area contributed by atoms with Crippen molar-refractivity contribution < 1.29 is 13.2 Å². The predicted molar refractivity (Wildman–Crippen MR) is 74.8 cm³/mol. The number of rotatable bonds is 3.